The highest BCUT2D eigenvalue weighted by molar-refractivity contribution is 4.98. The van der Waals surface area contributed by atoms with Gasteiger partial charge >= 0.3 is 0 Å². The van der Waals surface area contributed by atoms with Crippen molar-refractivity contribution in [2.45, 2.75) is 19.8 Å². The van der Waals surface area contributed by atoms with Crippen molar-refractivity contribution in [3.05, 3.63) is 32.0 Å². The molecule has 0 aromatic carbocycles. The largest absolute Gasteiger partial charge is 0.751 e. The van der Waals surface area contributed by atoms with Crippen LogP contribution in [0.2, 0.25) is 0 Å². The van der Waals surface area contributed by atoms with E-state index in [1.807, 2.05) is 10.7 Å². The van der Waals surface area contributed by atoms with Gasteiger partial charge in [0.2, 0.25) is 0 Å². The minimum Gasteiger partial charge on any atom is -0.751 e. The van der Waals surface area contributed by atoms with Gasteiger partial charge in [-0.1, -0.05) is 13.0 Å². The van der Waals surface area contributed by atoms with E-state index in [0.717, 1.165) is 0 Å². The fraction of sp³-hybridized carbons (Fsp3) is 0.667. The standard InChI is InChI=1S/C6H10N4O6/c1-2-6(10(14)16-8-12)4-3-5-9(13)15-7-11/h4H,2-3,5H2,1H3/q-2/b6-4+. The van der Waals surface area contributed by atoms with Gasteiger partial charge in [-0.05, 0) is 12.8 Å². The minimum atomic E-state index is -0.197. The van der Waals surface area contributed by atoms with Crippen LogP contribution in [0.3, 0.4) is 0 Å². The summed E-state index contributed by atoms with van der Waals surface area (Å²) in [5.41, 5.74) is 0.118. The number of hydroxylamine groups is 4. The minimum absolute atomic E-state index is 0.0508. The Balaban J connectivity index is 4.05. The maximum atomic E-state index is 10.9. The van der Waals surface area contributed by atoms with Crippen molar-refractivity contribution in [3.63, 3.8) is 0 Å². The first-order chi connectivity index (χ1) is 7.65. The second-order valence-electron chi connectivity index (χ2n) is 2.46. The predicted molar refractivity (Wildman–Crippen MR) is 52.0 cm³/mol. The van der Waals surface area contributed by atoms with Crippen LogP contribution in [0, 0.1) is 20.2 Å². The van der Waals surface area contributed by atoms with Crippen LogP contribution in [0.25, 0.3) is 0 Å². The van der Waals surface area contributed by atoms with Gasteiger partial charge in [0.15, 0.2) is 10.7 Å². The van der Waals surface area contributed by atoms with Crippen LogP contribution in [0.1, 0.15) is 19.8 Å². The lowest BCUT2D eigenvalue weighted by Gasteiger charge is -2.26. The summed E-state index contributed by atoms with van der Waals surface area (Å²) in [4.78, 5) is 26.6. The summed E-state index contributed by atoms with van der Waals surface area (Å²) in [6, 6.07) is 0. The van der Waals surface area contributed by atoms with Crippen molar-refractivity contribution in [2.24, 2.45) is 10.7 Å². The van der Waals surface area contributed by atoms with E-state index in [1.54, 1.807) is 6.92 Å². The second-order valence-corrected chi connectivity index (χ2v) is 2.46. The third-order valence-electron chi connectivity index (χ3n) is 1.52. The van der Waals surface area contributed by atoms with Crippen molar-refractivity contribution in [3.8, 4) is 0 Å². The van der Waals surface area contributed by atoms with E-state index in [0.29, 0.717) is 0 Å². The Hall–Kier alpha value is -1.78. The van der Waals surface area contributed by atoms with E-state index in [1.165, 1.54) is 6.08 Å². The van der Waals surface area contributed by atoms with E-state index in [-0.39, 0.29) is 35.5 Å². The van der Waals surface area contributed by atoms with Gasteiger partial charge in [-0.3, -0.25) is 4.94 Å². The second kappa shape index (κ2) is 8.52. The zero-order valence-electron chi connectivity index (χ0n) is 8.44. The summed E-state index contributed by atoms with van der Waals surface area (Å²) >= 11 is 0. The summed E-state index contributed by atoms with van der Waals surface area (Å²) in [6.07, 6.45) is 1.74. The molecule has 92 valence electrons. The molecule has 0 rings (SSSR count). The molecule has 0 unspecified atom stereocenters. The monoisotopic (exact) mass is 234 g/mol. The summed E-state index contributed by atoms with van der Waals surface area (Å²) in [5, 5.41) is 25.2. The Morgan fingerprint density at radius 1 is 1.31 bits per heavy atom. The zero-order valence-corrected chi connectivity index (χ0v) is 8.44. The molecule has 16 heavy (non-hydrogen) atoms. The molecule has 0 radical (unpaired) electrons. The quantitative estimate of drug-likeness (QED) is 0.433. The molecule has 0 atom stereocenters. The molecular weight excluding hydrogens is 224 g/mol. The highest BCUT2D eigenvalue weighted by Crippen LogP contribution is 2.09. The van der Waals surface area contributed by atoms with Crippen LogP contribution in [0.4, 0.5) is 0 Å². The molecule has 0 saturated heterocycles. The van der Waals surface area contributed by atoms with E-state index in [4.69, 9.17) is 0 Å². The van der Waals surface area contributed by atoms with Crippen molar-refractivity contribution in [1.29, 1.82) is 0 Å². The summed E-state index contributed by atoms with van der Waals surface area (Å²) in [6.45, 7) is 1.45. The molecule has 10 nitrogen and oxygen atoms in total. The molecule has 0 heterocycles. The normalized spacial score (nSPS) is 11.1. The van der Waals surface area contributed by atoms with Crippen molar-refractivity contribution >= 4 is 0 Å². The van der Waals surface area contributed by atoms with Crippen LogP contribution in [0.15, 0.2) is 22.5 Å². The first kappa shape index (κ1) is 14.2. The first-order valence-corrected chi connectivity index (χ1v) is 4.26. The van der Waals surface area contributed by atoms with Crippen LogP contribution in [-0.4, -0.2) is 17.0 Å². The molecule has 0 aliphatic carbocycles. The zero-order chi connectivity index (χ0) is 12.4. The van der Waals surface area contributed by atoms with Gasteiger partial charge in [0.25, 0.3) is 0 Å². The fourth-order valence-electron chi connectivity index (χ4n) is 0.845. The molecule has 0 N–H and O–H groups in total. The maximum absolute atomic E-state index is 10.9. The average Bonchev–Trinajstić information content (AvgIpc) is 2.25. The average molecular weight is 234 g/mol. The lowest BCUT2D eigenvalue weighted by Crippen LogP contribution is -2.16. The molecule has 0 aromatic rings. The SMILES string of the molecule is CC/C(=C\CCN([O-])ON=O)N([O-])ON=O. The molecule has 0 aliphatic rings. The van der Waals surface area contributed by atoms with Gasteiger partial charge in [-0.15, -0.1) is 9.81 Å². The third-order valence-corrected chi connectivity index (χ3v) is 1.52. The van der Waals surface area contributed by atoms with Crippen LogP contribution < -0.4 is 0 Å². The highest BCUT2D eigenvalue weighted by Gasteiger charge is 1.99. The number of nitrogens with zero attached hydrogens (tertiary/aromatic N) is 4. The van der Waals surface area contributed by atoms with Gasteiger partial charge in [-0.2, -0.15) is 5.23 Å². The molecule has 0 saturated carbocycles. The van der Waals surface area contributed by atoms with Crippen molar-refractivity contribution in [1.82, 2.24) is 10.5 Å². The molecular formula is C6H10N4O6-2. The van der Waals surface area contributed by atoms with Crippen molar-refractivity contribution < 1.29 is 9.88 Å². The Kier molecular flexibility index (Phi) is 7.57. The molecule has 0 spiro atoms. The van der Waals surface area contributed by atoms with E-state index in [9.17, 15) is 20.2 Å². The molecule has 10 heteroatoms. The van der Waals surface area contributed by atoms with E-state index in [2.05, 4.69) is 9.88 Å². The smallest absolute Gasteiger partial charge is 0.181 e. The van der Waals surface area contributed by atoms with Crippen LogP contribution in [-0.2, 0) is 9.88 Å². The Morgan fingerprint density at radius 3 is 2.44 bits per heavy atom. The molecule has 0 bridgehead atoms. The predicted octanol–water partition coefficient (Wildman–Crippen LogP) is 1.50. The van der Waals surface area contributed by atoms with Crippen LogP contribution in [0.5, 0.6) is 0 Å². The lowest BCUT2D eigenvalue weighted by atomic mass is 10.3. The maximum Gasteiger partial charge on any atom is 0.181 e. The van der Waals surface area contributed by atoms with Gasteiger partial charge in [0, 0.05) is 12.2 Å². The highest BCUT2D eigenvalue weighted by atomic mass is 17.0. The number of rotatable bonds is 9. The van der Waals surface area contributed by atoms with Gasteiger partial charge < -0.3 is 10.4 Å². The number of hydrogen-bond donors (Lipinski definition) is 0. The molecule has 0 aliphatic heterocycles. The molecule has 0 aromatic heterocycles. The molecule has 0 fully saturated rings. The Labute approximate surface area is 90.3 Å². The van der Waals surface area contributed by atoms with Gasteiger partial charge in [0.05, 0.1) is 0 Å². The third kappa shape index (κ3) is 5.85. The number of hydrogen-bond acceptors (Lipinski definition) is 10. The lowest BCUT2D eigenvalue weighted by molar-refractivity contribution is -0.121. The van der Waals surface area contributed by atoms with Crippen molar-refractivity contribution in [2.75, 3.05) is 6.54 Å². The topological polar surface area (TPSA) is 130 Å². The summed E-state index contributed by atoms with van der Waals surface area (Å²) < 4.78 is 0. The van der Waals surface area contributed by atoms with Gasteiger partial charge in [-0.25, -0.2) is 10.2 Å². The Bertz CT molecular complexity index is 247. The number of allylic oxidation sites excluding steroid dienone is 1. The first-order valence-electron chi connectivity index (χ1n) is 4.26. The summed E-state index contributed by atoms with van der Waals surface area (Å²) in [7, 11) is 0. The molecule has 0 amide bonds. The summed E-state index contributed by atoms with van der Waals surface area (Å²) in [5.74, 6) is 0. The fourth-order valence-corrected chi connectivity index (χ4v) is 0.845. The van der Waals surface area contributed by atoms with Gasteiger partial charge in [0.1, 0.15) is 0 Å². The van der Waals surface area contributed by atoms with E-state index < -0.39 is 0 Å². The van der Waals surface area contributed by atoms with E-state index >= 15 is 0 Å². The Morgan fingerprint density at radius 2 is 1.94 bits per heavy atom. The van der Waals surface area contributed by atoms with Crippen LogP contribution >= 0.6 is 0 Å².